The van der Waals surface area contributed by atoms with Crippen molar-refractivity contribution >= 4 is 29.3 Å². The van der Waals surface area contributed by atoms with Crippen LogP contribution in [0.4, 0.5) is 5.69 Å². The highest BCUT2D eigenvalue weighted by Crippen LogP contribution is 2.18. The van der Waals surface area contributed by atoms with Crippen molar-refractivity contribution in [1.29, 1.82) is 0 Å². The molecule has 7 heteroatoms. The highest BCUT2D eigenvalue weighted by atomic mass is 16.5. The van der Waals surface area contributed by atoms with E-state index >= 15 is 0 Å². The summed E-state index contributed by atoms with van der Waals surface area (Å²) in [5, 5.41) is 2.64. The third-order valence-electron chi connectivity index (χ3n) is 4.79. The second-order valence-corrected chi connectivity index (χ2v) is 7.49. The predicted octanol–water partition coefficient (Wildman–Crippen LogP) is 4.52. The number of rotatable bonds is 7. The number of nitrogens with one attached hydrogen (secondary N) is 1. The maximum Gasteiger partial charge on any atom is 0.343 e. The summed E-state index contributed by atoms with van der Waals surface area (Å²) in [6.45, 7) is 4.64. The zero-order valence-electron chi connectivity index (χ0n) is 18.5. The smallest absolute Gasteiger partial charge is 0.343 e. The lowest BCUT2D eigenvalue weighted by molar-refractivity contribution is -0.114. The van der Waals surface area contributed by atoms with Gasteiger partial charge in [0.25, 0.3) is 0 Å². The van der Waals surface area contributed by atoms with Crippen LogP contribution in [0.15, 0.2) is 66.7 Å². The van der Waals surface area contributed by atoms with E-state index in [4.69, 9.17) is 9.47 Å². The van der Waals surface area contributed by atoms with E-state index in [0.717, 1.165) is 11.1 Å². The number of anilines is 1. The number of benzene rings is 3. The monoisotopic (exact) mass is 445 g/mol. The number of hydrogen-bond acceptors (Lipinski definition) is 6. The summed E-state index contributed by atoms with van der Waals surface area (Å²) in [4.78, 5) is 48.2. The van der Waals surface area contributed by atoms with E-state index in [-0.39, 0.29) is 11.5 Å². The topological polar surface area (TPSA) is 98.8 Å². The van der Waals surface area contributed by atoms with E-state index in [1.165, 1.54) is 37.3 Å². The highest BCUT2D eigenvalue weighted by molar-refractivity contribution is 6.00. The summed E-state index contributed by atoms with van der Waals surface area (Å²) >= 11 is 0. The van der Waals surface area contributed by atoms with Gasteiger partial charge in [-0.05, 0) is 67.9 Å². The Balaban J connectivity index is 1.57. The zero-order chi connectivity index (χ0) is 24.0. The summed E-state index contributed by atoms with van der Waals surface area (Å²) in [5.41, 5.74) is 3.27. The van der Waals surface area contributed by atoms with Gasteiger partial charge in [-0.25, -0.2) is 9.59 Å². The number of ether oxygens (including phenoxy) is 2. The van der Waals surface area contributed by atoms with E-state index in [0.29, 0.717) is 22.6 Å². The van der Waals surface area contributed by atoms with Crippen molar-refractivity contribution in [2.24, 2.45) is 0 Å². The summed E-state index contributed by atoms with van der Waals surface area (Å²) in [6.07, 6.45) is 0. The minimum Gasteiger partial charge on any atom is -0.454 e. The SMILES string of the molecule is CC(=O)Nc1cc(C(=O)OCC(=O)c2ccc(OC(=O)c3ccc(C)cc3)cc2)ccc1C. The van der Waals surface area contributed by atoms with Crippen molar-refractivity contribution in [3.8, 4) is 5.75 Å². The molecule has 0 bridgehead atoms. The number of carbonyl (C=O) groups excluding carboxylic acids is 4. The normalized spacial score (nSPS) is 10.3. The van der Waals surface area contributed by atoms with Crippen molar-refractivity contribution in [2.45, 2.75) is 20.8 Å². The van der Waals surface area contributed by atoms with Crippen molar-refractivity contribution in [2.75, 3.05) is 11.9 Å². The van der Waals surface area contributed by atoms with E-state index in [9.17, 15) is 19.2 Å². The Morgan fingerprint density at radius 3 is 2.00 bits per heavy atom. The third kappa shape index (κ3) is 6.36. The molecule has 0 aliphatic heterocycles. The predicted molar refractivity (Wildman–Crippen MR) is 123 cm³/mol. The molecule has 3 rings (SSSR count). The van der Waals surface area contributed by atoms with Crippen molar-refractivity contribution < 1.29 is 28.7 Å². The maximum atomic E-state index is 12.4. The quantitative estimate of drug-likeness (QED) is 0.326. The Hall–Kier alpha value is -4.26. The number of aryl methyl sites for hydroxylation is 2. The summed E-state index contributed by atoms with van der Waals surface area (Å²) in [7, 11) is 0. The molecule has 0 saturated heterocycles. The van der Waals surface area contributed by atoms with Gasteiger partial charge in [-0.15, -0.1) is 0 Å². The molecule has 1 N–H and O–H groups in total. The molecule has 0 heterocycles. The minimum absolute atomic E-state index is 0.218. The Bertz CT molecular complexity index is 1200. The Kier molecular flexibility index (Phi) is 7.35. The molecule has 3 aromatic rings. The summed E-state index contributed by atoms with van der Waals surface area (Å²) in [5.74, 6) is -1.56. The van der Waals surface area contributed by atoms with Crippen molar-refractivity contribution in [3.05, 3.63) is 94.5 Å². The van der Waals surface area contributed by atoms with E-state index in [1.54, 1.807) is 31.2 Å². The van der Waals surface area contributed by atoms with Gasteiger partial charge in [-0.2, -0.15) is 0 Å². The average molecular weight is 445 g/mol. The molecular formula is C26H23NO6. The number of Topliss-reactive ketones (excluding diaryl/α,β-unsaturated/α-hetero) is 1. The molecule has 3 aromatic carbocycles. The summed E-state index contributed by atoms with van der Waals surface area (Å²) in [6, 6.07) is 17.7. The average Bonchev–Trinajstić information content (AvgIpc) is 2.79. The van der Waals surface area contributed by atoms with Crippen LogP contribution in [0.1, 0.15) is 49.1 Å². The fourth-order valence-electron chi connectivity index (χ4n) is 2.94. The Labute approximate surface area is 191 Å². The molecule has 0 radical (unpaired) electrons. The molecular weight excluding hydrogens is 422 g/mol. The number of ketones is 1. The molecule has 33 heavy (non-hydrogen) atoms. The lowest BCUT2D eigenvalue weighted by Crippen LogP contribution is -2.15. The molecule has 0 spiro atoms. The van der Waals surface area contributed by atoms with Gasteiger partial charge in [-0.3, -0.25) is 9.59 Å². The van der Waals surface area contributed by atoms with E-state index in [2.05, 4.69) is 5.32 Å². The lowest BCUT2D eigenvalue weighted by Gasteiger charge is -2.09. The molecule has 0 fully saturated rings. The number of amides is 1. The van der Waals surface area contributed by atoms with E-state index < -0.39 is 24.3 Å². The first-order valence-corrected chi connectivity index (χ1v) is 10.2. The number of carbonyl (C=O) groups is 4. The first-order chi connectivity index (χ1) is 15.7. The van der Waals surface area contributed by atoms with Crippen LogP contribution in [-0.4, -0.2) is 30.2 Å². The lowest BCUT2D eigenvalue weighted by atomic mass is 10.1. The molecule has 7 nitrogen and oxygen atoms in total. The van der Waals surface area contributed by atoms with Crippen LogP contribution in [0.3, 0.4) is 0 Å². The van der Waals surface area contributed by atoms with Gasteiger partial charge in [0.2, 0.25) is 5.91 Å². The van der Waals surface area contributed by atoms with Crippen LogP contribution >= 0.6 is 0 Å². The minimum atomic E-state index is -0.682. The Morgan fingerprint density at radius 2 is 1.36 bits per heavy atom. The van der Waals surface area contributed by atoms with Crippen LogP contribution in [0.25, 0.3) is 0 Å². The zero-order valence-corrected chi connectivity index (χ0v) is 18.5. The molecule has 168 valence electrons. The number of hydrogen-bond donors (Lipinski definition) is 1. The summed E-state index contributed by atoms with van der Waals surface area (Å²) < 4.78 is 10.4. The van der Waals surface area contributed by atoms with Gasteiger partial charge < -0.3 is 14.8 Å². The molecule has 0 saturated carbocycles. The van der Waals surface area contributed by atoms with Crippen LogP contribution in [0.2, 0.25) is 0 Å². The van der Waals surface area contributed by atoms with Gasteiger partial charge in [0.1, 0.15) is 5.75 Å². The second-order valence-electron chi connectivity index (χ2n) is 7.49. The van der Waals surface area contributed by atoms with Gasteiger partial charge >= 0.3 is 11.9 Å². The fraction of sp³-hybridized carbons (Fsp3) is 0.154. The van der Waals surface area contributed by atoms with Crippen molar-refractivity contribution in [1.82, 2.24) is 0 Å². The first-order valence-electron chi connectivity index (χ1n) is 10.2. The van der Waals surface area contributed by atoms with Crippen molar-refractivity contribution in [3.63, 3.8) is 0 Å². The molecule has 0 aliphatic rings. The highest BCUT2D eigenvalue weighted by Gasteiger charge is 2.14. The van der Waals surface area contributed by atoms with Crippen LogP contribution < -0.4 is 10.1 Å². The van der Waals surface area contributed by atoms with Crippen LogP contribution in [0, 0.1) is 13.8 Å². The maximum absolute atomic E-state index is 12.4. The second kappa shape index (κ2) is 10.4. The molecule has 0 aliphatic carbocycles. The van der Waals surface area contributed by atoms with Gasteiger partial charge in [-0.1, -0.05) is 23.8 Å². The molecule has 1 amide bonds. The molecule has 0 atom stereocenters. The molecule has 0 aromatic heterocycles. The Morgan fingerprint density at radius 1 is 0.758 bits per heavy atom. The number of esters is 2. The third-order valence-corrected chi connectivity index (χ3v) is 4.79. The van der Waals surface area contributed by atoms with Crippen LogP contribution in [-0.2, 0) is 9.53 Å². The van der Waals surface area contributed by atoms with Gasteiger partial charge in [0.05, 0.1) is 11.1 Å². The largest absolute Gasteiger partial charge is 0.454 e. The first kappa shape index (κ1) is 23.4. The molecule has 0 unspecified atom stereocenters. The van der Waals surface area contributed by atoms with E-state index in [1.807, 2.05) is 19.1 Å². The van der Waals surface area contributed by atoms with Gasteiger partial charge in [0, 0.05) is 18.2 Å². The van der Waals surface area contributed by atoms with Gasteiger partial charge in [0.15, 0.2) is 12.4 Å². The standard InChI is InChI=1S/C26H23NO6/c1-16-4-7-20(8-5-16)26(31)33-22-12-10-19(11-13-22)24(29)15-32-25(30)21-9-6-17(2)23(14-21)27-18(3)28/h4-14H,15H2,1-3H3,(H,27,28). The van der Waals surface area contributed by atoms with Crippen LogP contribution in [0.5, 0.6) is 5.75 Å². The fourth-order valence-corrected chi connectivity index (χ4v) is 2.94.